The SMILES string of the molecule is COc1ccc(/C(C#N)=C/O)cc1OC. The standard InChI is InChI=1S/C11H11NO3/c1-14-10-4-3-8(5-11(10)15-2)9(6-12)7-13/h3-5,7,13H,1-2H3/b9-7+. The lowest BCUT2D eigenvalue weighted by Crippen LogP contribution is -1.92. The highest BCUT2D eigenvalue weighted by atomic mass is 16.5. The van der Waals surface area contributed by atoms with Crippen molar-refractivity contribution in [1.29, 1.82) is 5.26 Å². The maximum absolute atomic E-state index is 8.81. The molecule has 1 aromatic rings. The zero-order chi connectivity index (χ0) is 11.3. The van der Waals surface area contributed by atoms with Crippen molar-refractivity contribution in [2.24, 2.45) is 0 Å². The molecule has 0 aliphatic heterocycles. The Bertz CT molecular complexity index is 418. The van der Waals surface area contributed by atoms with Crippen LogP contribution in [0.5, 0.6) is 11.5 Å². The van der Waals surface area contributed by atoms with E-state index in [1.165, 1.54) is 14.2 Å². The first-order chi connectivity index (χ1) is 7.26. The van der Waals surface area contributed by atoms with Crippen molar-refractivity contribution in [3.8, 4) is 17.6 Å². The van der Waals surface area contributed by atoms with Gasteiger partial charge in [0.1, 0.15) is 6.07 Å². The number of hydrogen-bond acceptors (Lipinski definition) is 4. The third-order valence-corrected chi connectivity index (χ3v) is 1.94. The van der Waals surface area contributed by atoms with Crippen molar-refractivity contribution < 1.29 is 14.6 Å². The van der Waals surface area contributed by atoms with Gasteiger partial charge in [-0.2, -0.15) is 5.26 Å². The number of aliphatic hydroxyl groups excluding tert-OH is 1. The van der Waals surface area contributed by atoms with Gasteiger partial charge >= 0.3 is 0 Å². The third kappa shape index (κ3) is 2.20. The summed E-state index contributed by atoms with van der Waals surface area (Å²) >= 11 is 0. The minimum atomic E-state index is 0.177. The molecule has 0 saturated carbocycles. The van der Waals surface area contributed by atoms with Crippen LogP contribution >= 0.6 is 0 Å². The topological polar surface area (TPSA) is 62.5 Å². The highest BCUT2D eigenvalue weighted by Gasteiger charge is 2.07. The quantitative estimate of drug-likeness (QED) is 0.606. The number of benzene rings is 1. The van der Waals surface area contributed by atoms with Crippen LogP contribution in [0.3, 0.4) is 0 Å². The van der Waals surface area contributed by atoms with E-state index in [9.17, 15) is 0 Å². The van der Waals surface area contributed by atoms with Crippen molar-refractivity contribution in [1.82, 2.24) is 0 Å². The zero-order valence-electron chi connectivity index (χ0n) is 8.52. The summed E-state index contributed by atoms with van der Waals surface area (Å²) in [7, 11) is 3.04. The number of methoxy groups -OCH3 is 2. The number of nitriles is 1. The van der Waals surface area contributed by atoms with Crippen LogP contribution in [-0.4, -0.2) is 19.3 Å². The third-order valence-electron chi connectivity index (χ3n) is 1.94. The molecule has 0 radical (unpaired) electrons. The van der Waals surface area contributed by atoms with Gasteiger partial charge in [0.25, 0.3) is 0 Å². The highest BCUT2D eigenvalue weighted by Crippen LogP contribution is 2.29. The van der Waals surface area contributed by atoms with E-state index in [-0.39, 0.29) is 5.57 Å². The average molecular weight is 205 g/mol. The number of hydrogen-bond donors (Lipinski definition) is 1. The van der Waals surface area contributed by atoms with E-state index in [4.69, 9.17) is 19.8 Å². The molecule has 0 aromatic heterocycles. The van der Waals surface area contributed by atoms with Crippen molar-refractivity contribution in [3.05, 3.63) is 30.0 Å². The first kappa shape index (κ1) is 10.9. The van der Waals surface area contributed by atoms with Crippen LogP contribution in [0.15, 0.2) is 24.5 Å². The summed E-state index contributed by atoms with van der Waals surface area (Å²) < 4.78 is 10.1. The summed E-state index contributed by atoms with van der Waals surface area (Å²) in [4.78, 5) is 0. The second-order valence-electron chi connectivity index (χ2n) is 2.72. The average Bonchev–Trinajstić information content (AvgIpc) is 2.30. The van der Waals surface area contributed by atoms with Gasteiger partial charge in [-0.25, -0.2) is 0 Å². The fourth-order valence-electron chi connectivity index (χ4n) is 1.17. The van der Waals surface area contributed by atoms with Crippen molar-refractivity contribution in [2.45, 2.75) is 0 Å². The summed E-state index contributed by atoms with van der Waals surface area (Å²) in [6, 6.07) is 6.85. The largest absolute Gasteiger partial charge is 0.514 e. The Labute approximate surface area is 88.0 Å². The molecule has 0 amide bonds. The fourth-order valence-corrected chi connectivity index (χ4v) is 1.17. The lowest BCUT2D eigenvalue weighted by Gasteiger charge is -2.08. The van der Waals surface area contributed by atoms with Gasteiger partial charge in [0.15, 0.2) is 11.5 Å². The second-order valence-corrected chi connectivity index (χ2v) is 2.72. The number of nitrogens with zero attached hydrogens (tertiary/aromatic N) is 1. The summed E-state index contributed by atoms with van der Waals surface area (Å²) in [5.41, 5.74) is 0.758. The Hall–Kier alpha value is -2.15. The molecule has 0 atom stereocenters. The van der Waals surface area contributed by atoms with Crippen LogP contribution < -0.4 is 9.47 Å². The number of ether oxygens (including phenoxy) is 2. The molecule has 0 saturated heterocycles. The lowest BCUT2D eigenvalue weighted by atomic mass is 10.1. The van der Waals surface area contributed by atoms with Gasteiger partial charge in [0, 0.05) is 0 Å². The summed E-state index contributed by atoms with van der Waals surface area (Å²) in [5.74, 6) is 1.10. The van der Waals surface area contributed by atoms with E-state index in [1.807, 2.05) is 6.07 Å². The first-order valence-electron chi connectivity index (χ1n) is 4.23. The van der Waals surface area contributed by atoms with Gasteiger partial charge < -0.3 is 14.6 Å². The monoisotopic (exact) mass is 205 g/mol. The number of allylic oxidation sites excluding steroid dienone is 1. The van der Waals surface area contributed by atoms with E-state index in [2.05, 4.69) is 0 Å². The smallest absolute Gasteiger partial charge is 0.161 e. The van der Waals surface area contributed by atoms with E-state index in [1.54, 1.807) is 18.2 Å². The molecule has 0 unspecified atom stereocenters. The molecule has 0 fully saturated rings. The fraction of sp³-hybridized carbons (Fsp3) is 0.182. The Kier molecular flexibility index (Phi) is 3.58. The molecule has 0 bridgehead atoms. The molecule has 78 valence electrons. The Balaban J connectivity index is 3.20. The van der Waals surface area contributed by atoms with Crippen molar-refractivity contribution in [2.75, 3.05) is 14.2 Å². The van der Waals surface area contributed by atoms with Crippen LogP contribution in [0, 0.1) is 11.3 Å². The molecular weight excluding hydrogens is 194 g/mol. The molecule has 1 N–H and O–H groups in total. The lowest BCUT2D eigenvalue weighted by molar-refractivity contribution is 0.355. The van der Waals surface area contributed by atoms with Gasteiger partial charge in [-0.3, -0.25) is 0 Å². The van der Waals surface area contributed by atoms with Crippen LogP contribution in [-0.2, 0) is 0 Å². The molecule has 4 nitrogen and oxygen atoms in total. The van der Waals surface area contributed by atoms with Gasteiger partial charge in [0.2, 0.25) is 0 Å². The zero-order valence-corrected chi connectivity index (χ0v) is 8.52. The normalized spacial score (nSPS) is 10.6. The number of rotatable bonds is 3. The molecule has 1 rings (SSSR count). The molecular formula is C11H11NO3. The Morgan fingerprint density at radius 3 is 2.47 bits per heavy atom. The van der Waals surface area contributed by atoms with Gasteiger partial charge in [-0.15, -0.1) is 0 Å². The van der Waals surface area contributed by atoms with E-state index in [0.29, 0.717) is 17.1 Å². The molecule has 15 heavy (non-hydrogen) atoms. The van der Waals surface area contributed by atoms with Crippen LogP contribution in [0.2, 0.25) is 0 Å². The Morgan fingerprint density at radius 2 is 2.00 bits per heavy atom. The summed E-state index contributed by atoms with van der Waals surface area (Å²) in [6.07, 6.45) is 0.765. The van der Waals surface area contributed by atoms with Crippen LogP contribution in [0.1, 0.15) is 5.56 Å². The number of aliphatic hydroxyl groups is 1. The predicted molar refractivity (Wildman–Crippen MR) is 55.8 cm³/mol. The Morgan fingerprint density at radius 1 is 1.33 bits per heavy atom. The van der Waals surface area contributed by atoms with E-state index >= 15 is 0 Å². The van der Waals surface area contributed by atoms with Crippen molar-refractivity contribution in [3.63, 3.8) is 0 Å². The maximum atomic E-state index is 8.81. The molecule has 1 aromatic carbocycles. The van der Waals surface area contributed by atoms with Crippen LogP contribution in [0.25, 0.3) is 5.57 Å². The molecule has 4 heteroatoms. The van der Waals surface area contributed by atoms with Crippen molar-refractivity contribution >= 4 is 5.57 Å². The van der Waals surface area contributed by atoms with Gasteiger partial charge in [0.05, 0.1) is 26.1 Å². The van der Waals surface area contributed by atoms with E-state index < -0.39 is 0 Å². The summed E-state index contributed by atoms with van der Waals surface area (Å²) in [6.45, 7) is 0. The summed E-state index contributed by atoms with van der Waals surface area (Å²) in [5, 5.41) is 17.5. The maximum Gasteiger partial charge on any atom is 0.161 e. The van der Waals surface area contributed by atoms with Crippen LogP contribution in [0.4, 0.5) is 0 Å². The minimum Gasteiger partial charge on any atom is -0.514 e. The predicted octanol–water partition coefficient (Wildman–Crippen LogP) is 2.13. The second kappa shape index (κ2) is 4.91. The highest BCUT2D eigenvalue weighted by molar-refractivity contribution is 5.77. The van der Waals surface area contributed by atoms with Gasteiger partial charge in [-0.1, -0.05) is 0 Å². The molecule has 0 aliphatic rings. The van der Waals surface area contributed by atoms with Gasteiger partial charge in [-0.05, 0) is 23.8 Å². The molecule has 0 spiro atoms. The first-order valence-corrected chi connectivity index (χ1v) is 4.23. The molecule has 0 aliphatic carbocycles. The molecule has 0 heterocycles. The minimum absolute atomic E-state index is 0.177. The van der Waals surface area contributed by atoms with E-state index in [0.717, 1.165) is 6.26 Å².